The number of rotatable bonds is 4. The molecular formula is C21H16BrN3O3. The van der Waals surface area contributed by atoms with E-state index in [1.165, 1.54) is 4.57 Å². The Morgan fingerprint density at radius 3 is 2.54 bits per heavy atom. The predicted molar refractivity (Wildman–Crippen MR) is 114 cm³/mol. The van der Waals surface area contributed by atoms with E-state index in [1.54, 1.807) is 13.1 Å². The topological polar surface area (TPSA) is 84.2 Å². The molecule has 0 aliphatic rings. The Balaban J connectivity index is 2.12. The van der Waals surface area contributed by atoms with Gasteiger partial charge in [-0.05, 0) is 41.1 Å². The molecule has 28 heavy (non-hydrogen) atoms. The molecule has 140 valence electrons. The molecule has 7 heteroatoms. The van der Waals surface area contributed by atoms with Gasteiger partial charge in [0.1, 0.15) is 12.2 Å². The molecule has 0 atom stereocenters. The van der Waals surface area contributed by atoms with E-state index in [0.29, 0.717) is 16.6 Å². The van der Waals surface area contributed by atoms with Crippen molar-refractivity contribution in [2.24, 2.45) is 0 Å². The zero-order valence-electron chi connectivity index (χ0n) is 14.9. The molecule has 0 bridgehead atoms. The van der Waals surface area contributed by atoms with Crippen LogP contribution < -0.4 is 10.9 Å². The number of hydrogen-bond acceptors (Lipinski definition) is 4. The van der Waals surface area contributed by atoms with Crippen molar-refractivity contribution >= 4 is 49.4 Å². The van der Waals surface area contributed by atoms with Gasteiger partial charge >= 0.3 is 5.97 Å². The van der Waals surface area contributed by atoms with Gasteiger partial charge in [0.15, 0.2) is 0 Å². The monoisotopic (exact) mass is 437 g/mol. The van der Waals surface area contributed by atoms with Gasteiger partial charge in [-0.3, -0.25) is 14.2 Å². The van der Waals surface area contributed by atoms with Crippen molar-refractivity contribution in [3.05, 3.63) is 69.4 Å². The van der Waals surface area contributed by atoms with Gasteiger partial charge in [0.05, 0.1) is 11.0 Å². The Labute approximate surface area is 168 Å². The molecule has 0 saturated heterocycles. The van der Waals surface area contributed by atoms with E-state index in [4.69, 9.17) is 0 Å². The molecular weight excluding hydrogens is 422 g/mol. The first-order chi connectivity index (χ1) is 13.5. The molecule has 1 heterocycles. The molecule has 4 aromatic rings. The number of aromatic nitrogens is 2. The van der Waals surface area contributed by atoms with Crippen LogP contribution in [0, 0.1) is 0 Å². The number of carbonyl (C=O) groups is 1. The summed E-state index contributed by atoms with van der Waals surface area (Å²) in [5, 5.41) is 14.3. The first kappa shape index (κ1) is 18.2. The average molecular weight is 438 g/mol. The summed E-state index contributed by atoms with van der Waals surface area (Å²) in [4.78, 5) is 29.3. The number of hydrogen-bond donors (Lipinski definition) is 2. The van der Waals surface area contributed by atoms with E-state index in [2.05, 4.69) is 26.2 Å². The van der Waals surface area contributed by atoms with E-state index in [1.807, 2.05) is 48.5 Å². The number of nitrogens with zero attached hydrogens (tertiary/aromatic N) is 2. The second-order valence-corrected chi connectivity index (χ2v) is 7.29. The molecule has 0 fully saturated rings. The minimum Gasteiger partial charge on any atom is -0.480 e. The minimum atomic E-state index is -1.09. The Morgan fingerprint density at radius 1 is 1.14 bits per heavy atom. The van der Waals surface area contributed by atoms with Gasteiger partial charge < -0.3 is 10.4 Å². The number of nitrogens with one attached hydrogen (secondary N) is 1. The first-order valence-electron chi connectivity index (χ1n) is 8.61. The lowest BCUT2D eigenvalue weighted by molar-refractivity contribution is -0.137. The Bertz CT molecular complexity index is 1300. The number of anilines is 1. The lowest BCUT2D eigenvalue weighted by Crippen LogP contribution is -2.27. The maximum Gasteiger partial charge on any atom is 0.323 e. The van der Waals surface area contributed by atoms with Crippen LogP contribution in [0.15, 0.2) is 63.9 Å². The first-order valence-corrected chi connectivity index (χ1v) is 9.40. The lowest BCUT2D eigenvalue weighted by Gasteiger charge is -2.14. The van der Waals surface area contributed by atoms with Gasteiger partial charge in [-0.2, -0.15) is 0 Å². The van der Waals surface area contributed by atoms with Crippen LogP contribution in [0.3, 0.4) is 0 Å². The molecule has 6 nitrogen and oxygen atoms in total. The SMILES string of the molecule is CNc1ccc(Br)cc1-c1nc2cc3ccccc3cc2n(CC(=O)O)c1=O. The summed E-state index contributed by atoms with van der Waals surface area (Å²) >= 11 is 3.43. The molecule has 3 aromatic carbocycles. The van der Waals surface area contributed by atoms with Crippen molar-refractivity contribution < 1.29 is 9.90 Å². The number of carboxylic acids is 1. The lowest BCUT2D eigenvalue weighted by atomic mass is 10.1. The number of fused-ring (bicyclic) bond motifs is 2. The van der Waals surface area contributed by atoms with Crippen LogP contribution in [0.1, 0.15) is 0 Å². The molecule has 0 amide bonds. The summed E-state index contributed by atoms with van der Waals surface area (Å²) in [7, 11) is 1.76. The highest BCUT2D eigenvalue weighted by Gasteiger charge is 2.18. The van der Waals surface area contributed by atoms with Crippen LogP contribution in [-0.4, -0.2) is 27.7 Å². The van der Waals surface area contributed by atoms with Gasteiger partial charge in [0.2, 0.25) is 0 Å². The van der Waals surface area contributed by atoms with Crippen molar-refractivity contribution in [1.29, 1.82) is 0 Å². The van der Waals surface area contributed by atoms with Crippen LogP contribution in [0.2, 0.25) is 0 Å². The molecule has 4 rings (SSSR count). The third-order valence-electron chi connectivity index (χ3n) is 4.61. The normalized spacial score (nSPS) is 11.1. The van der Waals surface area contributed by atoms with Crippen molar-refractivity contribution in [3.63, 3.8) is 0 Å². The highest BCUT2D eigenvalue weighted by Crippen LogP contribution is 2.30. The number of halogens is 1. The summed E-state index contributed by atoms with van der Waals surface area (Å²) in [5.74, 6) is -1.09. The summed E-state index contributed by atoms with van der Waals surface area (Å²) in [6.45, 7) is -0.438. The van der Waals surface area contributed by atoms with E-state index in [9.17, 15) is 14.7 Å². The largest absolute Gasteiger partial charge is 0.480 e. The Hall–Kier alpha value is -3.19. The van der Waals surface area contributed by atoms with E-state index >= 15 is 0 Å². The highest BCUT2D eigenvalue weighted by molar-refractivity contribution is 9.10. The molecule has 2 N–H and O–H groups in total. The second kappa shape index (κ2) is 7.09. The van der Waals surface area contributed by atoms with Gasteiger partial charge in [-0.15, -0.1) is 0 Å². The Kier molecular flexibility index (Phi) is 4.60. The third-order valence-corrected chi connectivity index (χ3v) is 5.11. The summed E-state index contributed by atoms with van der Waals surface area (Å²) in [6, 6.07) is 16.9. The van der Waals surface area contributed by atoms with E-state index in [-0.39, 0.29) is 5.69 Å². The standard InChI is InChI=1S/C21H16BrN3O3/c1-23-16-7-6-14(22)10-15(16)20-21(28)25(11-19(26)27)18-9-13-5-3-2-4-12(13)8-17(18)24-20/h2-10,23H,11H2,1H3,(H,26,27). The quantitative estimate of drug-likeness (QED) is 0.469. The van der Waals surface area contributed by atoms with Crippen molar-refractivity contribution in [3.8, 4) is 11.3 Å². The summed E-state index contributed by atoms with van der Waals surface area (Å²) < 4.78 is 2.07. The zero-order chi connectivity index (χ0) is 19.8. The third kappa shape index (κ3) is 3.14. The number of benzene rings is 3. The molecule has 0 saturated carbocycles. The highest BCUT2D eigenvalue weighted by atomic mass is 79.9. The maximum atomic E-state index is 13.2. The minimum absolute atomic E-state index is 0.203. The van der Waals surface area contributed by atoms with Crippen molar-refractivity contribution in [1.82, 2.24) is 9.55 Å². The fourth-order valence-corrected chi connectivity index (χ4v) is 3.69. The fraction of sp³-hybridized carbons (Fsp3) is 0.0952. The van der Waals surface area contributed by atoms with Crippen LogP contribution >= 0.6 is 15.9 Å². The number of carboxylic acid groups (broad SMARTS) is 1. The van der Waals surface area contributed by atoms with Crippen LogP contribution in [0.4, 0.5) is 5.69 Å². The molecule has 0 radical (unpaired) electrons. The van der Waals surface area contributed by atoms with Crippen molar-refractivity contribution in [2.75, 3.05) is 12.4 Å². The van der Waals surface area contributed by atoms with Gasteiger partial charge in [-0.25, -0.2) is 4.98 Å². The van der Waals surface area contributed by atoms with E-state index in [0.717, 1.165) is 20.9 Å². The van der Waals surface area contributed by atoms with Crippen LogP contribution in [0.5, 0.6) is 0 Å². The maximum absolute atomic E-state index is 13.2. The molecule has 0 aliphatic heterocycles. The van der Waals surface area contributed by atoms with Gasteiger partial charge in [0, 0.05) is 22.8 Å². The zero-order valence-corrected chi connectivity index (χ0v) is 16.5. The molecule has 0 unspecified atom stereocenters. The second-order valence-electron chi connectivity index (χ2n) is 6.37. The molecule has 0 aliphatic carbocycles. The smallest absolute Gasteiger partial charge is 0.323 e. The number of aliphatic carboxylic acids is 1. The van der Waals surface area contributed by atoms with Crippen LogP contribution in [-0.2, 0) is 11.3 Å². The Morgan fingerprint density at radius 2 is 1.86 bits per heavy atom. The summed E-state index contributed by atoms with van der Waals surface area (Å²) in [5.41, 5.74) is 2.16. The molecule has 0 spiro atoms. The average Bonchev–Trinajstić information content (AvgIpc) is 2.68. The fourth-order valence-electron chi connectivity index (χ4n) is 3.33. The van der Waals surface area contributed by atoms with Gasteiger partial charge in [-0.1, -0.05) is 40.2 Å². The van der Waals surface area contributed by atoms with Crippen LogP contribution in [0.25, 0.3) is 33.1 Å². The molecule has 1 aromatic heterocycles. The summed E-state index contributed by atoms with van der Waals surface area (Å²) in [6.07, 6.45) is 0. The van der Waals surface area contributed by atoms with E-state index < -0.39 is 18.1 Å². The van der Waals surface area contributed by atoms with Crippen molar-refractivity contribution in [2.45, 2.75) is 6.54 Å². The van der Waals surface area contributed by atoms with Gasteiger partial charge in [0.25, 0.3) is 5.56 Å². The predicted octanol–water partition coefficient (Wildman–Crippen LogP) is 4.11.